The highest BCUT2D eigenvalue weighted by atomic mass is 16.5. The second-order valence-corrected chi connectivity index (χ2v) is 6.85. The van der Waals surface area contributed by atoms with E-state index in [1.54, 1.807) is 10.7 Å². The lowest BCUT2D eigenvalue weighted by atomic mass is 10.0. The van der Waals surface area contributed by atoms with Gasteiger partial charge in [-0.15, -0.1) is 0 Å². The lowest BCUT2D eigenvalue weighted by Gasteiger charge is -2.33. The summed E-state index contributed by atoms with van der Waals surface area (Å²) in [6, 6.07) is 8.11. The van der Waals surface area contributed by atoms with Crippen LogP contribution in [0.4, 0.5) is 11.9 Å². The summed E-state index contributed by atoms with van der Waals surface area (Å²) in [7, 11) is 6.07. The number of aromatic amines is 1. The van der Waals surface area contributed by atoms with E-state index in [9.17, 15) is 0 Å². The Morgan fingerprint density at radius 2 is 2.18 bits per heavy atom. The maximum Gasteiger partial charge on any atom is 0.231 e. The summed E-state index contributed by atoms with van der Waals surface area (Å²) in [5, 5.41) is 7.62. The fourth-order valence-corrected chi connectivity index (χ4v) is 3.40. The van der Waals surface area contributed by atoms with Gasteiger partial charge in [0.15, 0.2) is 5.65 Å². The third kappa shape index (κ3) is 2.95. The van der Waals surface area contributed by atoms with Gasteiger partial charge in [0.25, 0.3) is 0 Å². The fourth-order valence-electron chi connectivity index (χ4n) is 3.40. The van der Waals surface area contributed by atoms with Crippen molar-refractivity contribution in [2.45, 2.75) is 19.5 Å². The molecule has 1 aromatic carbocycles. The van der Waals surface area contributed by atoms with Crippen LogP contribution < -0.4 is 15.7 Å². The number of imidazole rings is 1. The predicted molar refractivity (Wildman–Crippen MR) is 107 cm³/mol. The molecule has 1 aliphatic heterocycles. The Morgan fingerprint density at radius 1 is 1.29 bits per heavy atom. The zero-order chi connectivity index (χ0) is 19.1. The molecule has 4 aromatic rings. The van der Waals surface area contributed by atoms with Crippen molar-refractivity contribution in [1.29, 1.82) is 0 Å². The summed E-state index contributed by atoms with van der Waals surface area (Å²) in [5.41, 5.74) is 3.02. The molecule has 1 unspecified atom stereocenters. The Balaban J connectivity index is 1.48. The third-order valence-electron chi connectivity index (χ3n) is 4.86. The summed E-state index contributed by atoms with van der Waals surface area (Å²) in [4.78, 5) is 19.4. The van der Waals surface area contributed by atoms with E-state index in [1.807, 2.05) is 24.3 Å². The van der Waals surface area contributed by atoms with Gasteiger partial charge in [-0.3, -0.25) is 0 Å². The highest BCUT2D eigenvalue weighted by molar-refractivity contribution is 6.36. The first kappa shape index (κ1) is 17.0. The smallest absolute Gasteiger partial charge is 0.231 e. The van der Waals surface area contributed by atoms with Crippen molar-refractivity contribution in [3.05, 3.63) is 36.3 Å². The van der Waals surface area contributed by atoms with Crippen molar-refractivity contribution in [2.24, 2.45) is 0 Å². The number of aromatic nitrogens is 6. The van der Waals surface area contributed by atoms with Gasteiger partial charge in [0.1, 0.15) is 13.7 Å². The van der Waals surface area contributed by atoms with Gasteiger partial charge in [0.05, 0.1) is 36.8 Å². The van der Waals surface area contributed by atoms with E-state index in [1.165, 1.54) is 0 Å². The van der Waals surface area contributed by atoms with Crippen LogP contribution in [0, 0.1) is 0 Å². The third-order valence-corrected chi connectivity index (χ3v) is 4.86. The van der Waals surface area contributed by atoms with E-state index in [0.717, 1.165) is 23.4 Å². The topological polar surface area (TPSA) is 96.3 Å². The molecule has 1 atom stereocenters. The highest BCUT2D eigenvalue weighted by Crippen LogP contribution is 2.19. The van der Waals surface area contributed by atoms with Gasteiger partial charge in [-0.1, -0.05) is 12.1 Å². The van der Waals surface area contributed by atoms with Crippen LogP contribution in [0.25, 0.3) is 16.7 Å². The summed E-state index contributed by atoms with van der Waals surface area (Å²) >= 11 is 0. The van der Waals surface area contributed by atoms with Crippen LogP contribution >= 0.6 is 0 Å². The largest absolute Gasteiger partial charge is 0.377 e. The van der Waals surface area contributed by atoms with Gasteiger partial charge in [-0.2, -0.15) is 19.6 Å². The lowest BCUT2D eigenvalue weighted by molar-refractivity contribution is 0.0981. The first-order valence-electron chi connectivity index (χ1n) is 9.22. The monoisotopic (exact) mass is 374 g/mol. The second-order valence-electron chi connectivity index (χ2n) is 6.85. The number of hydrogen-bond acceptors (Lipinski definition) is 7. The number of benzene rings is 1. The average molecular weight is 374 g/mol. The minimum absolute atomic E-state index is 0.184. The molecular weight excluding hydrogens is 355 g/mol. The van der Waals surface area contributed by atoms with Crippen LogP contribution in [0.3, 0.4) is 0 Å². The Kier molecular flexibility index (Phi) is 4.12. The summed E-state index contributed by atoms with van der Waals surface area (Å²) in [6.45, 7) is 4.58. The minimum Gasteiger partial charge on any atom is -0.377 e. The van der Waals surface area contributed by atoms with Gasteiger partial charge in [-0.05, 0) is 24.5 Å². The van der Waals surface area contributed by atoms with Gasteiger partial charge in [-0.25, -0.2) is 4.98 Å². The van der Waals surface area contributed by atoms with E-state index in [4.69, 9.17) is 17.6 Å². The number of H-pyrrole nitrogens is 1. The molecule has 10 heteroatoms. The van der Waals surface area contributed by atoms with Gasteiger partial charge in [0, 0.05) is 12.7 Å². The predicted octanol–water partition coefficient (Wildman–Crippen LogP) is 0.632. The number of ether oxygens (including phenoxy) is 1. The minimum atomic E-state index is 0.184. The van der Waals surface area contributed by atoms with Gasteiger partial charge >= 0.3 is 0 Å². The number of anilines is 2. The Labute approximate surface area is 162 Å². The van der Waals surface area contributed by atoms with E-state index in [0.29, 0.717) is 42.8 Å². The number of morpholine rings is 1. The molecule has 0 spiro atoms. The zero-order valence-corrected chi connectivity index (χ0v) is 15.5. The van der Waals surface area contributed by atoms with Crippen molar-refractivity contribution in [3.8, 4) is 0 Å². The van der Waals surface area contributed by atoms with E-state index in [-0.39, 0.29) is 6.04 Å². The van der Waals surface area contributed by atoms with Gasteiger partial charge in [0.2, 0.25) is 11.9 Å². The molecule has 9 nitrogen and oxygen atoms in total. The summed E-state index contributed by atoms with van der Waals surface area (Å²) < 4.78 is 7.14. The Hall–Kier alpha value is -3.14. The molecule has 2 N–H and O–H groups in total. The molecular formula is C18H19BN8O. The number of nitrogens with one attached hydrogen (secondary N) is 2. The van der Waals surface area contributed by atoms with Crippen LogP contribution in [-0.4, -0.2) is 63.2 Å². The molecule has 140 valence electrons. The first-order chi connectivity index (χ1) is 13.7. The number of para-hydroxylation sites is 2. The first-order valence-corrected chi connectivity index (χ1v) is 9.22. The molecule has 0 saturated carbocycles. The van der Waals surface area contributed by atoms with E-state index in [2.05, 4.69) is 37.2 Å². The lowest BCUT2D eigenvalue weighted by Crippen LogP contribution is -2.44. The van der Waals surface area contributed by atoms with Crippen molar-refractivity contribution in [3.63, 3.8) is 0 Å². The van der Waals surface area contributed by atoms with Crippen molar-refractivity contribution >= 4 is 41.9 Å². The molecule has 0 aliphatic carbocycles. The zero-order valence-electron chi connectivity index (χ0n) is 15.5. The van der Waals surface area contributed by atoms with Crippen LogP contribution in [0.1, 0.15) is 12.7 Å². The van der Waals surface area contributed by atoms with Crippen molar-refractivity contribution < 1.29 is 4.74 Å². The number of nitrogens with zero attached hydrogens (tertiary/aromatic N) is 6. The molecule has 2 radical (unpaired) electrons. The summed E-state index contributed by atoms with van der Waals surface area (Å²) in [5.74, 6) is 1.99. The van der Waals surface area contributed by atoms with E-state index < -0.39 is 0 Å². The Bertz CT molecular complexity index is 1110. The average Bonchev–Trinajstić information content (AvgIpc) is 3.30. The van der Waals surface area contributed by atoms with Crippen molar-refractivity contribution in [2.75, 3.05) is 30.0 Å². The van der Waals surface area contributed by atoms with Crippen LogP contribution in [-0.2, 0) is 11.3 Å². The van der Waals surface area contributed by atoms with Gasteiger partial charge < -0.3 is 19.9 Å². The number of fused-ring (bicyclic) bond motifs is 2. The molecule has 0 bridgehead atoms. The number of hydrogen-bond donors (Lipinski definition) is 2. The summed E-state index contributed by atoms with van der Waals surface area (Å²) in [6.07, 6.45) is 1.59. The second kappa shape index (κ2) is 6.79. The molecule has 0 amide bonds. The van der Waals surface area contributed by atoms with Crippen LogP contribution in [0.2, 0.25) is 0 Å². The molecule has 3 aromatic heterocycles. The SMILES string of the molecule is [B]c1cnn2c(NCc3nc4ccccc4[nH]3)nc(N3CCOCC3C)nc12. The highest BCUT2D eigenvalue weighted by Gasteiger charge is 2.23. The van der Waals surface area contributed by atoms with Crippen LogP contribution in [0.5, 0.6) is 0 Å². The number of rotatable bonds is 4. The maximum absolute atomic E-state index is 6.07. The molecule has 1 fully saturated rings. The van der Waals surface area contributed by atoms with Crippen molar-refractivity contribution in [1.82, 2.24) is 29.5 Å². The molecule has 5 rings (SSSR count). The molecule has 1 aliphatic rings. The van der Waals surface area contributed by atoms with Crippen LogP contribution in [0.15, 0.2) is 30.5 Å². The molecule has 1 saturated heterocycles. The quantitative estimate of drug-likeness (QED) is 0.506. The molecule has 4 heterocycles. The molecule has 28 heavy (non-hydrogen) atoms. The Morgan fingerprint density at radius 3 is 3.04 bits per heavy atom. The maximum atomic E-state index is 6.07. The fraction of sp³-hybridized carbons (Fsp3) is 0.333. The van der Waals surface area contributed by atoms with E-state index >= 15 is 0 Å². The normalized spacial score (nSPS) is 17.5. The standard InChI is InChI=1S/C18H19BN8O/c1-11-10-28-7-6-26(11)18-24-16-12(19)8-21-27(16)17(25-18)20-9-15-22-13-4-2-3-5-14(13)23-15/h2-5,8,11H,6-7,9-10H2,1H3,(H,22,23)(H,20,24,25).